The van der Waals surface area contributed by atoms with Crippen molar-refractivity contribution in [3.8, 4) is 11.1 Å². The number of aryl methyl sites for hydroxylation is 1. The molecule has 1 fully saturated rings. The Labute approximate surface area is 169 Å². The van der Waals surface area contributed by atoms with Crippen molar-refractivity contribution < 1.29 is 22.4 Å². The van der Waals surface area contributed by atoms with Crippen LogP contribution >= 0.6 is 0 Å². The molecule has 1 aromatic carbocycles. The first-order chi connectivity index (χ1) is 14.1. The average Bonchev–Trinajstić information content (AvgIpc) is 3.43. The summed E-state index contributed by atoms with van der Waals surface area (Å²) in [5, 5.41) is 4.18. The molecule has 0 aliphatic heterocycles. The van der Waals surface area contributed by atoms with Crippen LogP contribution in [0.4, 0.5) is 23.4 Å². The molecule has 3 atom stereocenters. The predicted octanol–water partition coefficient (Wildman–Crippen LogP) is 4.46. The molecule has 2 aromatic heterocycles. The molecule has 1 saturated carbocycles. The highest BCUT2D eigenvalue weighted by atomic mass is 19.4. The monoisotopic (exact) mass is 418 g/mol. The number of anilines is 1. The van der Waals surface area contributed by atoms with Crippen molar-refractivity contribution in [2.45, 2.75) is 31.7 Å². The van der Waals surface area contributed by atoms with E-state index in [1.165, 1.54) is 12.3 Å². The van der Waals surface area contributed by atoms with Crippen molar-refractivity contribution in [2.24, 2.45) is 11.7 Å². The smallest absolute Gasteiger partial charge is 0.315 e. The number of pyridine rings is 2. The molecule has 2 heterocycles. The molecule has 9 heteroatoms. The van der Waals surface area contributed by atoms with Crippen LogP contribution in [0.3, 0.4) is 0 Å². The Hall–Kier alpha value is -3.07. The fraction of sp³-hybridized carbons (Fsp3) is 0.286. The number of carbonyl (C=O) groups excluding carboxylic acids is 1. The number of nitrogens with two attached hydrogens (primary N) is 1. The second-order valence-electron chi connectivity index (χ2n) is 7.42. The minimum absolute atomic E-state index is 0.238. The van der Waals surface area contributed by atoms with Gasteiger partial charge in [0.25, 0.3) is 0 Å². The van der Waals surface area contributed by atoms with Crippen LogP contribution < -0.4 is 11.1 Å². The van der Waals surface area contributed by atoms with Crippen LogP contribution in [0.2, 0.25) is 0 Å². The van der Waals surface area contributed by atoms with Gasteiger partial charge in [-0.25, -0.2) is 9.37 Å². The standard InChI is InChI=1S/C21H18F4N4O/c1-10-4-17(19(26)21(23,24)25)27-9-15(10)12-3-2-11-6-18(28-8-13(11)5-12)29-20(30)14-7-16(14)22/h2-6,8-9,14,16,19H,7,26H2,1H3,(H,28,29,30)/t14-,16+,19?/m1/s1. The van der Waals surface area contributed by atoms with E-state index in [9.17, 15) is 22.4 Å². The molecule has 1 aliphatic rings. The molecule has 0 spiro atoms. The Bertz CT molecular complexity index is 1130. The minimum Gasteiger partial charge on any atom is -0.315 e. The number of nitrogens with one attached hydrogen (secondary N) is 1. The third-order valence-corrected chi connectivity index (χ3v) is 5.14. The molecule has 0 bridgehead atoms. The lowest BCUT2D eigenvalue weighted by atomic mass is 9.99. The number of halogens is 4. The van der Waals surface area contributed by atoms with E-state index in [1.54, 1.807) is 25.3 Å². The van der Waals surface area contributed by atoms with Gasteiger partial charge < -0.3 is 11.1 Å². The first kappa shape index (κ1) is 20.2. The Morgan fingerprint density at radius 3 is 2.53 bits per heavy atom. The average molecular weight is 418 g/mol. The maximum atomic E-state index is 13.0. The maximum absolute atomic E-state index is 13.0. The van der Waals surface area contributed by atoms with Gasteiger partial charge in [0.15, 0.2) is 0 Å². The molecule has 1 unspecified atom stereocenters. The summed E-state index contributed by atoms with van der Waals surface area (Å²) in [5.74, 6) is -0.652. The molecule has 3 aromatic rings. The van der Waals surface area contributed by atoms with Crippen LogP contribution in [0, 0.1) is 12.8 Å². The van der Waals surface area contributed by atoms with Gasteiger partial charge in [-0.05, 0) is 48.1 Å². The van der Waals surface area contributed by atoms with Crippen LogP contribution in [-0.4, -0.2) is 28.2 Å². The zero-order valence-electron chi connectivity index (χ0n) is 15.9. The predicted molar refractivity (Wildman–Crippen MR) is 104 cm³/mol. The van der Waals surface area contributed by atoms with Crippen molar-refractivity contribution in [2.75, 3.05) is 5.32 Å². The van der Waals surface area contributed by atoms with Gasteiger partial charge in [0.05, 0.1) is 11.6 Å². The second kappa shape index (κ2) is 7.32. The fourth-order valence-electron chi connectivity index (χ4n) is 3.25. The van der Waals surface area contributed by atoms with E-state index in [2.05, 4.69) is 15.3 Å². The van der Waals surface area contributed by atoms with Crippen LogP contribution in [0.15, 0.2) is 42.7 Å². The Kier molecular flexibility index (Phi) is 4.93. The van der Waals surface area contributed by atoms with E-state index in [0.29, 0.717) is 16.9 Å². The van der Waals surface area contributed by atoms with Crippen LogP contribution in [0.5, 0.6) is 0 Å². The summed E-state index contributed by atoms with van der Waals surface area (Å²) >= 11 is 0. The van der Waals surface area contributed by atoms with E-state index in [1.807, 2.05) is 12.1 Å². The lowest BCUT2D eigenvalue weighted by Gasteiger charge is -2.16. The molecule has 0 radical (unpaired) electrons. The van der Waals surface area contributed by atoms with Gasteiger partial charge in [-0.2, -0.15) is 13.2 Å². The fourth-order valence-corrected chi connectivity index (χ4v) is 3.25. The molecule has 1 aliphatic carbocycles. The second-order valence-corrected chi connectivity index (χ2v) is 7.42. The Balaban J connectivity index is 1.59. The quantitative estimate of drug-likeness (QED) is 0.613. The number of nitrogens with zero attached hydrogens (tertiary/aromatic N) is 2. The molecule has 1 amide bonds. The molecule has 3 N–H and O–H groups in total. The van der Waals surface area contributed by atoms with Crippen molar-refractivity contribution in [3.05, 3.63) is 54.0 Å². The van der Waals surface area contributed by atoms with Crippen LogP contribution in [-0.2, 0) is 4.79 Å². The van der Waals surface area contributed by atoms with Crippen molar-refractivity contribution >= 4 is 22.5 Å². The number of carbonyl (C=O) groups is 1. The topological polar surface area (TPSA) is 80.9 Å². The molecule has 4 rings (SSSR count). The van der Waals surface area contributed by atoms with Crippen molar-refractivity contribution in [3.63, 3.8) is 0 Å². The van der Waals surface area contributed by atoms with Gasteiger partial charge in [0.2, 0.25) is 5.91 Å². The minimum atomic E-state index is -4.56. The number of rotatable bonds is 4. The van der Waals surface area contributed by atoms with E-state index in [4.69, 9.17) is 5.73 Å². The highest BCUT2D eigenvalue weighted by Gasteiger charge is 2.43. The summed E-state index contributed by atoms with van der Waals surface area (Å²) in [5.41, 5.74) is 7.05. The molecule has 30 heavy (non-hydrogen) atoms. The number of amides is 1. The first-order valence-electron chi connectivity index (χ1n) is 9.27. The summed E-state index contributed by atoms with van der Waals surface area (Å²) in [4.78, 5) is 19.9. The summed E-state index contributed by atoms with van der Waals surface area (Å²) in [6.07, 6.45) is -2.45. The summed E-state index contributed by atoms with van der Waals surface area (Å²) in [6, 6.07) is 6.34. The maximum Gasteiger partial charge on any atom is 0.409 e. The van der Waals surface area contributed by atoms with E-state index >= 15 is 0 Å². The molecule has 0 saturated heterocycles. The van der Waals surface area contributed by atoms with E-state index < -0.39 is 24.3 Å². The molecular weight excluding hydrogens is 400 g/mol. The molecule has 5 nitrogen and oxygen atoms in total. The lowest BCUT2D eigenvalue weighted by Crippen LogP contribution is -2.29. The number of fused-ring (bicyclic) bond motifs is 1. The SMILES string of the molecule is Cc1cc(C(N)C(F)(F)F)ncc1-c1ccc2cc(NC(=O)[C@@H]3C[C@@H]3F)ncc2c1. The third kappa shape index (κ3) is 3.97. The highest BCUT2D eigenvalue weighted by molar-refractivity contribution is 5.96. The van der Waals surface area contributed by atoms with Crippen molar-refractivity contribution in [1.29, 1.82) is 0 Å². The van der Waals surface area contributed by atoms with E-state index in [-0.39, 0.29) is 18.0 Å². The third-order valence-electron chi connectivity index (χ3n) is 5.14. The number of aromatic nitrogens is 2. The zero-order chi connectivity index (χ0) is 21.6. The normalized spacial score (nSPS) is 19.5. The Morgan fingerprint density at radius 1 is 1.17 bits per heavy atom. The van der Waals surface area contributed by atoms with E-state index in [0.717, 1.165) is 16.3 Å². The molecule has 156 valence electrons. The number of hydrogen-bond acceptors (Lipinski definition) is 4. The molecular formula is C21H18F4N4O. The van der Waals surface area contributed by atoms with Gasteiger partial charge in [0.1, 0.15) is 18.0 Å². The number of hydrogen-bond donors (Lipinski definition) is 2. The van der Waals surface area contributed by atoms with Crippen LogP contribution in [0.1, 0.15) is 23.7 Å². The highest BCUT2D eigenvalue weighted by Crippen LogP contribution is 2.35. The largest absolute Gasteiger partial charge is 0.409 e. The van der Waals surface area contributed by atoms with Gasteiger partial charge in [-0.1, -0.05) is 12.1 Å². The van der Waals surface area contributed by atoms with Crippen molar-refractivity contribution in [1.82, 2.24) is 9.97 Å². The summed E-state index contributed by atoms with van der Waals surface area (Å²) < 4.78 is 51.5. The van der Waals surface area contributed by atoms with Gasteiger partial charge in [0, 0.05) is 23.3 Å². The zero-order valence-corrected chi connectivity index (χ0v) is 15.9. The summed E-state index contributed by atoms with van der Waals surface area (Å²) in [7, 11) is 0. The van der Waals surface area contributed by atoms with Gasteiger partial charge in [-0.15, -0.1) is 0 Å². The van der Waals surface area contributed by atoms with Gasteiger partial charge in [-0.3, -0.25) is 9.78 Å². The number of benzene rings is 1. The first-order valence-corrected chi connectivity index (χ1v) is 9.27. The van der Waals surface area contributed by atoms with Crippen LogP contribution in [0.25, 0.3) is 21.9 Å². The number of alkyl halides is 4. The lowest BCUT2D eigenvalue weighted by molar-refractivity contribution is -0.150. The Morgan fingerprint density at radius 2 is 1.90 bits per heavy atom. The summed E-state index contributed by atoms with van der Waals surface area (Å²) in [6.45, 7) is 1.70. The van der Waals surface area contributed by atoms with Gasteiger partial charge >= 0.3 is 6.18 Å².